The maximum atomic E-state index is 14.1. The van der Waals surface area contributed by atoms with E-state index in [-0.39, 0.29) is 28.2 Å². The number of benzene rings is 3. The van der Waals surface area contributed by atoms with Gasteiger partial charge in [-0.3, -0.25) is 13.9 Å². The van der Waals surface area contributed by atoms with E-state index < -0.39 is 46.2 Å². The van der Waals surface area contributed by atoms with Crippen LogP contribution in [0, 0.1) is 6.92 Å². The Hall–Kier alpha value is -3.28. The van der Waals surface area contributed by atoms with Gasteiger partial charge in [0, 0.05) is 22.6 Å². The molecule has 4 rings (SSSR count). The smallest absolute Gasteiger partial charge is 0.352 e. The lowest BCUT2D eigenvalue weighted by atomic mass is 9.95. The second-order valence-corrected chi connectivity index (χ2v) is 13.9. The monoisotopic (exact) mass is 683 g/mol. The number of hydrogen-bond donors (Lipinski definition) is 1. The molecule has 1 N–H and O–H groups in total. The van der Waals surface area contributed by atoms with Gasteiger partial charge in [0.1, 0.15) is 12.6 Å². The van der Waals surface area contributed by atoms with Crippen LogP contribution in [0.3, 0.4) is 0 Å². The number of alkyl halides is 3. The molecule has 2 amide bonds. The van der Waals surface area contributed by atoms with E-state index in [2.05, 4.69) is 5.32 Å². The molecule has 1 saturated carbocycles. The fourth-order valence-electron chi connectivity index (χ4n) is 5.19. The van der Waals surface area contributed by atoms with Gasteiger partial charge in [0.05, 0.1) is 16.1 Å². The second-order valence-electron chi connectivity index (χ2n) is 11.1. The van der Waals surface area contributed by atoms with Crippen molar-refractivity contribution in [2.24, 2.45) is 0 Å². The second kappa shape index (κ2) is 14.4. The van der Waals surface area contributed by atoms with Crippen molar-refractivity contribution in [2.45, 2.75) is 75.7 Å². The van der Waals surface area contributed by atoms with Gasteiger partial charge in [-0.2, -0.15) is 13.2 Å². The zero-order valence-electron chi connectivity index (χ0n) is 24.8. The molecule has 242 valence electrons. The van der Waals surface area contributed by atoms with Gasteiger partial charge in [-0.25, -0.2) is 8.42 Å². The first-order valence-electron chi connectivity index (χ1n) is 14.5. The van der Waals surface area contributed by atoms with Crippen LogP contribution in [-0.2, 0) is 32.3 Å². The Labute approximate surface area is 271 Å². The molecule has 0 saturated heterocycles. The molecule has 7 nitrogen and oxygen atoms in total. The number of carbonyl (C=O) groups excluding carboxylic acids is 2. The van der Waals surface area contributed by atoms with Crippen LogP contribution in [0.2, 0.25) is 10.0 Å². The third-order valence-corrected chi connectivity index (χ3v) is 10.2. The maximum absolute atomic E-state index is 14.1. The Morgan fingerprint density at radius 1 is 0.978 bits per heavy atom. The number of nitrogens with zero attached hydrogens (tertiary/aromatic N) is 2. The maximum Gasteiger partial charge on any atom is 0.416 e. The molecule has 1 aliphatic rings. The highest BCUT2D eigenvalue weighted by Crippen LogP contribution is 2.34. The summed E-state index contributed by atoms with van der Waals surface area (Å²) < 4.78 is 69.5. The highest BCUT2D eigenvalue weighted by atomic mass is 35.5. The molecule has 1 aliphatic carbocycles. The van der Waals surface area contributed by atoms with Crippen LogP contribution in [0.25, 0.3) is 0 Å². The van der Waals surface area contributed by atoms with E-state index >= 15 is 0 Å². The molecule has 1 fully saturated rings. The molecule has 3 aromatic rings. The van der Waals surface area contributed by atoms with Crippen molar-refractivity contribution in [3.8, 4) is 0 Å². The SMILES string of the molecule is Cc1ccc(S(=O)(=O)N(CC(=O)N(Cc2ccc(Cl)cc2Cl)[C@@H](C)C(=O)NC2CCCCC2)c2cccc(C(F)(F)F)c2)cc1. The number of amides is 2. The van der Waals surface area contributed by atoms with Crippen molar-refractivity contribution < 1.29 is 31.2 Å². The van der Waals surface area contributed by atoms with Gasteiger partial charge in [0.2, 0.25) is 11.8 Å². The number of rotatable bonds is 10. The van der Waals surface area contributed by atoms with E-state index in [4.69, 9.17) is 23.2 Å². The third kappa shape index (κ3) is 8.71. The molecule has 0 unspecified atom stereocenters. The number of hydrogen-bond acceptors (Lipinski definition) is 4. The summed E-state index contributed by atoms with van der Waals surface area (Å²) in [5.74, 6) is -1.26. The Kier molecular flexibility index (Phi) is 11.1. The minimum atomic E-state index is -4.76. The first-order valence-corrected chi connectivity index (χ1v) is 16.7. The van der Waals surface area contributed by atoms with Crippen LogP contribution >= 0.6 is 23.2 Å². The topological polar surface area (TPSA) is 86.8 Å². The summed E-state index contributed by atoms with van der Waals surface area (Å²) in [5, 5.41) is 3.57. The van der Waals surface area contributed by atoms with Gasteiger partial charge in [-0.05, 0) is 74.7 Å². The summed E-state index contributed by atoms with van der Waals surface area (Å²) in [6.45, 7) is 2.20. The molecule has 0 heterocycles. The fraction of sp³-hybridized carbons (Fsp3) is 0.375. The van der Waals surface area contributed by atoms with E-state index in [9.17, 15) is 31.2 Å². The van der Waals surface area contributed by atoms with Crippen LogP contribution in [0.5, 0.6) is 0 Å². The fourth-order valence-corrected chi connectivity index (χ4v) is 7.06. The molecule has 3 aromatic carbocycles. The predicted molar refractivity (Wildman–Crippen MR) is 169 cm³/mol. The van der Waals surface area contributed by atoms with Crippen molar-refractivity contribution >= 4 is 50.7 Å². The van der Waals surface area contributed by atoms with Crippen LogP contribution in [0.1, 0.15) is 55.7 Å². The van der Waals surface area contributed by atoms with Crippen molar-refractivity contribution in [1.82, 2.24) is 10.2 Å². The van der Waals surface area contributed by atoms with E-state index in [0.29, 0.717) is 21.0 Å². The summed E-state index contributed by atoms with van der Waals surface area (Å²) in [5.41, 5.74) is -0.234. The minimum absolute atomic E-state index is 0.0618. The molecule has 0 spiro atoms. The van der Waals surface area contributed by atoms with E-state index in [1.165, 1.54) is 36.1 Å². The van der Waals surface area contributed by atoms with Gasteiger partial charge < -0.3 is 10.2 Å². The van der Waals surface area contributed by atoms with E-state index in [1.807, 2.05) is 0 Å². The summed E-state index contributed by atoms with van der Waals surface area (Å²) >= 11 is 12.5. The van der Waals surface area contributed by atoms with Gasteiger partial charge in [0.15, 0.2) is 0 Å². The Morgan fingerprint density at radius 2 is 1.64 bits per heavy atom. The van der Waals surface area contributed by atoms with Gasteiger partial charge in [-0.1, -0.05) is 72.3 Å². The molecule has 1 atom stereocenters. The van der Waals surface area contributed by atoms with Crippen molar-refractivity contribution in [3.05, 3.63) is 93.5 Å². The lowest BCUT2D eigenvalue weighted by Crippen LogP contribution is -2.53. The average Bonchev–Trinajstić information content (AvgIpc) is 2.99. The van der Waals surface area contributed by atoms with Crippen LogP contribution in [0.15, 0.2) is 71.6 Å². The van der Waals surface area contributed by atoms with Gasteiger partial charge >= 0.3 is 6.18 Å². The van der Waals surface area contributed by atoms with Crippen molar-refractivity contribution in [2.75, 3.05) is 10.8 Å². The number of anilines is 1. The number of sulfonamides is 1. The summed E-state index contributed by atoms with van der Waals surface area (Å²) in [6, 6.07) is 13.0. The largest absolute Gasteiger partial charge is 0.416 e. The molecular formula is C32H34Cl2F3N3O4S. The van der Waals surface area contributed by atoms with Crippen molar-refractivity contribution in [3.63, 3.8) is 0 Å². The zero-order valence-corrected chi connectivity index (χ0v) is 27.1. The lowest BCUT2D eigenvalue weighted by Gasteiger charge is -2.33. The number of carbonyl (C=O) groups is 2. The molecular weight excluding hydrogens is 650 g/mol. The van der Waals surface area contributed by atoms with Gasteiger partial charge in [-0.15, -0.1) is 0 Å². The summed E-state index contributed by atoms with van der Waals surface area (Å²) in [4.78, 5) is 28.5. The number of aryl methyl sites for hydroxylation is 1. The first-order chi connectivity index (χ1) is 21.2. The summed E-state index contributed by atoms with van der Waals surface area (Å²) in [7, 11) is -4.54. The number of nitrogens with one attached hydrogen (secondary N) is 1. The minimum Gasteiger partial charge on any atom is -0.352 e. The standard InChI is InChI=1S/C32H34Cl2F3N3O4S/c1-21-11-15-28(16-12-21)45(43,44)40(27-10-6-7-24(17-27)32(35,36)37)20-30(41)39(19-23-13-14-25(33)18-29(23)34)22(2)31(42)38-26-8-4-3-5-9-26/h6-7,10-18,22,26H,3-5,8-9,19-20H2,1-2H3,(H,38,42)/t22-/m0/s1. The quantitative estimate of drug-likeness (QED) is 0.242. The molecule has 0 radical (unpaired) electrons. The molecule has 0 aromatic heterocycles. The lowest BCUT2D eigenvalue weighted by molar-refractivity contribution is -0.139. The third-order valence-electron chi connectivity index (χ3n) is 7.82. The highest BCUT2D eigenvalue weighted by molar-refractivity contribution is 7.92. The normalized spacial score (nSPS) is 14.9. The summed E-state index contributed by atoms with van der Waals surface area (Å²) in [6.07, 6.45) is -0.164. The van der Waals surface area contributed by atoms with E-state index in [0.717, 1.165) is 49.8 Å². The Morgan fingerprint density at radius 3 is 2.27 bits per heavy atom. The predicted octanol–water partition coefficient (Wildman–Crippen LogP) is 7.38. The average molecular weight is 685 g/mol. The van der Waals surface area contributed by atoms with Crippen molar-refractivity contribution in [1.29, 1.82) is 0 Å². The molecule has 13 heteroatoms. The van der Waals surface area contributed by atoms with Crippen LogP contribution < -0.4 is 9.62 Å². The molecule has 45 heavy (non-hydrogen) atoms. The number of halogens is 5. The highest BCUT2D eigenvalue weighted by Gasteiger charge is 2.36. The van der Waals surface area contributed by atoms with Crippen LogP contribution in [0.4, 0.5) is 18.9 Å². The first kappa shape index (κ1) is 34.6. The molecule has 0 aliphatic heterocycles. The van der Waals surface area contributed by atoms with Gasteiger partial charge in [0.25, 0.3) is 10.0 Å². The van der Waals surface area contributed by atoms with Crippen LogP contribution in [-0.4, -0.2) is 43.8 Å². The van der Waals surface area contributed by atoms with E-state index in [1.54, 1.807) is 31.2 Å². The molecule has 0 bridgehead atoms. The Bertz CT molecular complexity index is 1630. The Balaban J connectivity index is 1.74. The zero-order chi connectivity index (χ0) is 32.9.